The number of rotatable bonds is 4. The molecule has 3 aromatic rings. The van der Waals surface area contributed by atoms with Crippen molar-refractivity contribution in [1.82, 2.24) is 14.1 Å². The number of aromatic nitrogens is 3. The standard InChI is InChI=1S/C20H23N3O2S/c1-12-7-16(11-22(3)20(12)24)15-8-17-19(18(9-15)26(4)25)21-13(2)23(17)10-14-5-6-14/h7-9,11,14H,5-6,10H2,1-4H3. The van der Waals surface area contributed by atoms with E-state index in [9.17, 15) is 9.00 Å². The molecular weight excluding hydrogens is 346 g/mol. The third kappa shape index (κ3) is 2.92. The lowest BCUT2D eigenvalue weighted by atomic mass is 10.1. The van der Waals surface area contributed by atoms with Crippen LogP contribution in [0.2, 0.25) is 0 Å². The zero-order valence-electron chi connectivity index (χ0n) is 15.6. The van der Waals surface area contributed by atoms with Crippen LogP contribution in [0.25, 0.3) is 22.2 Å². The van der Waals surface area contributed by atoms with Crippen LogP contribution >= 0.6 is 0 Å². The van der Waals surface area contributed by atoms with Gasteiger partial charge in [-0.25, -0.2) is 4.98 Å². The van der Waals surface area contributed by atoms with E-state index in [-0.39, 0.29) is 5.56 Å². The second kappa shape index (κ2) is 6.20. The van der Waals surface area contributed by atoms with E-state index in [0.29, 0.717) is 5.56 Å². The first-order valence-electron chi connectivity index (χ1n) is 8.87. The quantitative estimate of drug-likeness (QED) is 0.710. The molecular formula is C20H23N3O2S. The molecule has 1 saturated carbocycles. The van der Waals surface area contributed by atoms with Gasteiger partial charge in [-0.1, -0.05) is 0 Å². The SMILES string of the molecule is Cc1cc(-c2cc(S(C)=O)c3nc(C)n(CC4CC4)c3c2)cn(C)c1=O. The Bertz CT molecular complexity index is 1080. The molecule has 6 heteroatoms. The van der Waals surface area contributed by atoms with E-state index in [2.05, 4.69) is 10.6 Å². The lowest BCUT2D eigenvalue weighted by Gasteiger charge is -2.11. The van der Waals surface area contributed by atoms with Gasteiger partial charge in [0, 0.05) is 31.6 Å². The molecule has 1 fully saturated rings. The molecule has 4 rings (SSSR count). The predicted octanol–water partition coefficient (Wildman–Crippen LogP) is 3.17. The summed E-state index contributed by atoms with van der Waals surface area (Å²) < 4.78 is 16.2. The summed E-state index contributed by atoms with van der Waals surface area (Å²) in [6.45, 7) is 4.80. The molecule has 2 heterocycles. The van der Waals surface area contributed by atoms with Gasteiger partial charge in [0.1, 0.15) is 11.3 Å². The molecule has 136 valence electrons. The molecule has 0 spiro atoms. The number of hydrogen-bond acceptors (Lipinski definition) is 3. The number of benzene rings is 1. The molecule has 5 nitrogen and oxygen atoms in total. The third-order valence-corrected chi connectivity index (χ3v) is 6.08. The minimum Gasteiger partial charge on any atom is -0.328 e. The summed E-state index contributed by atoms with van der Waals surface area (Å²) in [6.07, 6.45) is 6.07. The second-order valence-corrected chi connectivity index (χ2v) is 8.69. The molecule has 0 amide bonds. The largest absolute Gasteiger partial charge is 0.328 e. The van der Waals surface area contributed by atoms with Gasteiger partial charge in [0.25, 0.3) is 5.56 Å². The van der Waals surface area contributed by atoms with Crippen molar-refractivity contribution in [3.63, 3.8) is 0 Å². The van der Waals surface area contributed by atoms with Gasteiger partial charge >= 0.3 is 0 Å². The first kappa shape index (κ1) is 17.2. The molecule has 1 atom stereocenters. The highest BCUT2D eigenvalue weighted by Gasteiger charge is 2.24. The lowest BCUT2D eigenvalue weighted by Crippen LogP contribution is -2.18. The van der Waals surface area contributed by atoms with Crippen molar-refractivity contribution in [1.29, 1.82) is 0 Å². The van der Waals surface area contributed by atoms with Gasteiger partial charge in [-0.15, -0.1) is 0 Å². The lowest BCUT2D eigenvalue weighted by molar-refractivity contribution is 0.626. The van der Waals surface area contributed by atoms with Crippen molar-refractivity contribution in [2.45, 2.75) is 38.1 Å². The summed E-state index contributed by atoms with van der Waals surface area (Å²) in [5, 5.41) is 0. The van der Waals surface area contributed by atoms with E-state index in [0.717, 1.165) is 45.3 Å². The van der Waals surface area contributed by atoms with E-state index in [1.165, 1.54) is 12.8 Å². The Labute approximate surface area is 155 Å². The maximum Gasteiger partial charge on any atom is 0.253 e. The number of hydrogen-bond donors (Lipinski definition) is 0. The molecule has 0 N–H and O–H groups in total. The molecule has 0 aliphatic heterocycles. The zero-order valence-corrected chi connectivity index (χ0v) is 16.4. The molecule has 1 aromatic carbocycles. The van der Waals surface area contributed by atoms with Crippen LogP contribution in [-0.2, 0) is 24.4 Å². The fraction of sp³-hybridized carbons (Fsp3) is 0.400. The zero-order chi connectivity index (χ0) is 18.6. The van der Waals surface area contributed by atoms with Crippen LogP contribution in [0.15, 0.2) is 34.1 Å². The highest BCUT2D eigenvalue weighted by molar-refractivity contribution is 7.84. The number of imidazole rings is 1. The molecule has 0 saturated heterocycles. The topological polar surface area (TPSA) is 56.9 Å². The summed E-state index contributed by atoms with van der Waals surface area (Å²) in [7, 11) is 0.623. The maximum absolute atomic E-state index is 12.4. The number of pyridine rings is 1. The molecule has 1 aliphatic carbocycles. The van der Waals surface area contributed by atoms with Gasteiger partial charge in [-0.2, -0.15) is 0 Å². The molecule has 0 radical (unpaired) electrons. The van der Waals surface area contributed by atoms with E-state index < -0.39 is 10.8 Å². The molecule has 2 aromatic heterocycles. The minimum atomic E-state index is -1.14. The smallest absolute Gasteiger partial charge is 0.253 e. The van der Waals surface area contributed by atoms with Crippen molar-refractivity contribution in [2.75, 3.05) is 6.26 Å². The van der Waals surface area contributed by atoms with Crippen LogP contribution in [0.4, 0.5) is 0 Å². The average Bonchev–Trinajstić information content (AvgIpc) is 3.35. The Morgan fingerprint density at radius 1 is 1.19 bits per heavy atom. The van der Waals surface area contributed by atoms with Gasteiger partial charge in [0.15, 0.2) is 0 Å². The predicted molar refractivity (Wildman–Crippen MR) is 105 cm³/mol. The first-order chi connectivity index (χ1) is 12.3. The second-order valence-electron chi connectivity index (χ2n) is 7.34. The monoisotopic (exact) mass is 369 g/mol. The van der Waals surface area contributed by atoms with Gasteiger partial charge in [-0.05, 0) is 61.9 Å². The Kier molecular flexibility index (Phi) is 4.10. The Morgan fingerprint density at radius 3 is 2.54 bits per heavy atom. The van der Waals surface area contributed by atoms with Crippen molar-refractivity contribution >= 4 is 21.8 Å². The van der Waals surface area contributed by atoms with Gasteiger partial charge in [-0.3, -0.25) is 9.00 Å². The van der Waals surface area contributed by atoms with Crippen LogP contribution in [-0.4, -0.2) is 24.6 Å². The summed E-state index contributed by atoms with van der Waals surface area (Å²) in [5.74, 6) is 1.69. The Hall–Kier alpha value is -2.21. The normalized spacial score (nSPS) is 15.5. The van der Waals surface area contributed by atoms with Crippen LogP contribution < -0.4 is 5.56 Å². The van der Waals surface area contributed by atoms with Crippen molar-refractivity contribution < 1.29 is 4.21 Å². The van der Waals surface area contributed by atoms with E-state index >= 15 is 0 Å². The summed E-state index contributed by atoms with van der Waals surface area (Å²) in [4.78, 5) is 17.5. The van der Waals surface area contributed by atoms with Crippen LogP contribution in [0.5, 0.6) is 0 Å². The van der Waals surface area contributed by atoms with Crippen LogP contribution in [0.3, 0.4) is 0 Å². The minimum absolute atomic E-state index is 0.00346. The number of aryl methyl sites for hydroxylation is 3. The number of nitrogens with zero attached hydrogens (tertiary/aromatic N) is 3. The molecule has 1 unspecified atom stereocenters. The summed E-state index contributed by atoms with van der Waals surface area (Å²) in [5.41, 5.74) is 4.49. The third-order valence-electron chi connectivity index (χ3n) is 5.15. The van der Waals surface area contributed by atoms with Gasteiger partial charge in [0.2, 0.25) is 0 Å². The van der Waals surface area contributed by atoms with Crippen LogP contribution in [0, 0.1) is 19.8 Å². The summed E-state index contributed by atoms with van der Waals surface area (Å²) >= 11 is 0. The van der Waals surface area contributed by atoms with E-state index in [4.69, 9.17) is 4.98 Å². The van der Waals surface area contributed by atoms with Crippen LogP contribution in [0.1, 0.15) is 24.2 Å². The molecule has 0 bridgehead atoms. The van der Waals surface area contributed by atoms with E-state index in [1.807, 2.05) is 32.2 Å². The van der Waals surface area contributed by atoms with Crippen molar-refractivity contribution in [2.24, 2.45) is 13.0 Å². The molecule has 1 aliphatic rings. The fourth-order valence-electron chi connectivity index (χ4n) is 3.52. The Morgan fingerprint density at radius 2 is 1.92 bits per heavy atom. The van der Waals surface area contributed by atoms with E-state index in [1.54, 1.807) is 17.9 Å². The van der Waals surface area contributed by atoms with Gasteiger partial charge in [0.05, 0.1) is 21.2 Å². The average molecular weight is 369 g/mol. The highest BCUT2D eigenvalue weighted by Crippen LogP contribution is 2.35. The van der Waals surface area contributed by atoms with Crippen molar-refractivity contribution in [3.8, 4) is 11.1 Å². The van der Waals surface area contributed by atoms with Gasteiger partial charge < -0.3 is 9.13 Å². The fourth-order valence-corrected chi connectivity index (χ4v) is 4.23. The van der Waals surface area contributed by atoms with Crippen molar-refractivity contribution in [3.05, 3.63) is 46.1 Å². The Balaban J connectivity index is 1.98. The highest BCUT2D eigenvalue weighted by atomic mass is 32.2. The first-order valence-corrected chi connectivity index (χ1v) is 10.4. The summed E-state index contributed by atoms with van der Waals surface area (Å²) in [6, 6.07) is 5.97. The molecule has 26 heavy (non-hydrogen) atoms. The maximum atomic E-state index is 12.4. The number of fused-ring (bicyclic) bond motifs is 1.